The third kappa shape index (κ3) is 3.23. The quantitative estimate of drug-likeness (QED) is 0.304. The average Bonchev–Trinajstić information content (AvgIpc) is 2.77. The molecule has 0 unspecified atom stereocenters. The molecule has 0 N–H and O–H groups in total. The van der Waals surface area contributed by atoms with Gasteiger partial charge in [-0.15, -0.1) is 0 Å². The molecule has 1 aliphatic rings. The largest absolute Gasteiger partial charge is 0.472 e. The van der Waals surface area contributed by atoms with E-state index in [1.165, 1.54) is 12.8 Å². The van der Waals surface area contributed by atoms with E-state index in [9.17, 15) is 0 Å². The number of rotatable bonds is 2. The van der Waals surface area contributed by atoms with Crippen LogP contribution in [0.5, 0.6) is 0 Å². The summed E-state index contributed by atoms with van der Waals surface area (Å²) in [6.45, 7) is 3.88. The van der Waals surface area contributed by atoms with Crippen LogP contribution >= 0.6 is 0 Å². The summed E-state index contributed by atoms with van der Waals surface area (Å²) in [6.07, 6.45) is 2.96. The van der Waals surface area contributed by atoms with Crippen molar-refractivity contribution in [2.75, 3.05) is 27.2 Å². The van der Waals surface area contributed by atoms with E-state index in [1.54, 1.807) is 0 Å². The highest BCUT2D eigenvalue weighted by Gasteiger charge is 2.26. The predicted octanol–water partition coefficient (Wildman–Crippen LogP) is 1.02. The molecule has 1 aliphatic heterocycles. The van der Waals surface area contributed by atoms with E-state index in [1.807, 2.05) is 31.7 Å². The molecule has 1 rings (SSSR count). The lowest BCUT2D eigenvalue weighted by Gasteiger charge is -2.11. The van der Waals surface area contributed by atoms with Crippen molar-refractivity contribution in [3.8, 4) is 6.07 Å². The van der Waals surface area contributed by atoms with Crippen LogP contribution < -0.4 is 0 Å². The van der Waals surface area contributed by atoms with E-state index in [0.717, 1.165) is 19.1 Å². The van der Waals surface area contributed by atoms with E-state index in [2.05, 4.69) is 10.1 Å². The second-order valence-corrected chi connectivity index (χ2v) is 3.97. The Labute approximate surface area is 96.6 Å². The van der Waals surface area contributed by atoms with Gasteiger partial charge in [-0.05, 0) is 12.8 Å². The Bertz CT molecular complexity index is 330. The summed E-state index contributed by atoms with van der Waals surface area (Å²) in [5, 5.41) is 12.6. The topological polar surface area (TPSA) is 51.6 Å². The lowest BCUT2D eigenvalue weighted by molar-refractivity contribution is -0.481. The maximum Gasteiger partial charge on any atom is 0.472 e. The summed E-state index contributed by atoms with van der Waals surface area (Å²) in [5.41, 5.74) is 0.415. The summed E-state index contributed by atoms with van der Waals surface area (Å²) in [7, 11) is 3.84. The Kier molecular flexibility index (Phi) is 4.77. The van der Waals surface area contributed by atoms with E-state index in [-0.39, 0.29) is 0 Å². The number of amidine groups is 1. The number of likely N-dealkylation sites (tertiary alicyclic amines) is 1. The summed E-state index contributed by atoms with van der Waals surface area (Å²) in [5.74, 6) is 0. The highest BCUT2D eigenvalue weighted by molar-refractivity contribution is 5.98. The van der Waals surface area contributed by atoms with Gasteiger partial charge in [-0.3, -0.25) is 4.84 Å². The standard InChI is InChI=1S/C11H19N4O/c1-4-10(9-12)13-16-11(14(2)3)15-7-5-6-8-15/h4-8H2,1-3H3/q+1. The van der Waals surface area contributed by atoms with E-state index in [0.29, 0.717) is 12.1 Å². The highest BCUT2D eigenvalue weighted by Crippen LogP contribution is 2.08. The monoisotopic (exact) mass is 223 g/mol. The molecule has 1 saturated heterocycles. The zero-order valence-electron chi connectivity index (χ0n) is 10.2. The van der Waals surface area contributed by atoms with E-state index in [4.69, 9.17) is 10.1 Å². The Balaban J connectivity index is 2.71. The van der Waals surface area contributed by atoms with Crippen LogP contribution in [0.1, 0.15) is 26.2 Å². The number of nitrogens with zero attached hydrogens (tertiary/aromatic N) is 4. The zero-order chi connectivity index (χ0) is 12.0. The maximum atomic E-state index is 8.75. The van der Waals surface area contributed by atoms with Gasteiger partial charge >= 0.3 is 6.02 Å². The van der Waals surface area contributed by atoms with Gasteiger partial charge in [0.25, 0.3) is 0 Å². The second-order valence-electron chi connectivity index (χ2n) is 3.97. The molecule has 0 atom stereocenters. The van der Waals surface area contributed by atoms with Crippen LogP contribution in [0.3, 0.4) is 0 Å². The first-order chi connectivity index (χ1) is 7.69. The molecule has 0 spiro atoms. The predicted molar refractivity (Wildman–Crippen MR) is 62.3 cm³/mol. The van der Waals surface area contributed by atoms with Crippen molar-refractivity contribution in [3.63, 3.8) is 0 Å². The van der Waals surface area contributed by atoms with Crippen molar-refractivity contribution in [1.29, 1.82) is 5.26 Å². The second kappa shape index (κ2) is 6.11. The first-order valence-electron chi connectivity index (χ1n) is 5.62. The van der Waals surface area contributed by atoms with Crippen molar-refractivity contribution in [1.82, 2.24) is 4.90 Å². The molecule has 0 saturated carbocycles. The van der Waals surface area contributed by atoms with Gasteiger partial charge in [0.2, 0.25) is 0 Å². The third-order valence-corrected chi connectivity index (χ3v) is 2.46. The van der Waals surface area contributed by atoms with Crippen molar-refractivity contribution < 1.29 is 9.41 Å². The van der Waals surface area contributed by atoms with Gasteiger partial charge in [0, 0.05) is 6.42 Å². The molecular weight excluding hydrogens is 204 g/mol. The molecule has 5 nitrogen and oxygen atoms in total. The third-order valence-electron chi connectivity index (χ3n) is 2.46. The van der Waals surface area contributed by atoms with E-state index >= 15 is 0 Å². The lowest BCUT2D eigenvalue weighted by atomic mass is 10.3. The van der Waals surface area contributed by atoms with Crippen LogP contribution in [-0.4, -0.2) is 48.4 Å². The molecule has 0 amide bonds. The van der Waals surface area contributed by atoms with E-state index < -0.39 is 0 Å². The number of hydrogen-bond donors (Lipinski definition) is 0. The molecule has 1 fully saturated rings. The Morgan fingerprint density at radius 2 is 2.06 bits per heavy atom. The maximum absolute atomic E-state index is 8.75. The fourth-order valence-electron chi connectivity index (χ4n) is 1.59. The minimum atomic E-state index is 0.415. The molecule has 88 valence electrons. The summed E-state index contributed by atoms with van der Waals surface area (Å²) >= 11 is 0. The van der Waals surface area contributed by atoms with Gasteiger partial charge in [0.15, 0.2) is 5.71 Å². The van der Waals surface area contributed by atoms with Gasteiger partial charge in [0.1, 0.15) is 6.07 Å². The molecule has 0 bridgehead atoms. The van der Waals surface area contributed by atoms with Gasteiger partial charge in [-0.2, -0.15) is 5.26 Å². The lowest BCUT2D eigenvalue weighted by Crippen LogP contribution is -2.35. The number of nitriles is 1. The van der Waals surface area contributed by atoms with Crippen molar-refractivity contribution in [3.05, 3.63) is 0 Å². The Morgan fingerprint density at radius 1 is 1.44 bits per heavy atom. The van der Waals surface area contributed by atoms with Crippen molar-refractivity contribution in [2.24, 2.45) is 5.16 Å². The minimum absolute atomic E-state index is 0.415. The normalized spacial score (nSPS) is 15.9. The van der Waals surface area contributed by atoms with Gasteiger partial charge in [0.05, 0.1) is 27.2 Å². The first-order valence-corrected chi connectivity index (χ1v) is 5.62. The SMILES string of the molecule is CCC(C#N)=NOC(N1CCCC1)=[N+](C)C. The highest BCUT2D eigenvalue weighted by atomic mass is 16.6. The molecule has 0 aromatic carbocycles. The van der Waals surface area contributed by atoms with Gasteiger partial charge < -0.3 is 0 Å². The minimum Gasteiger partial charge on any atom is -0.278 e. The van der Waals surface area contributed by atoms with Crippen LogP contribution in [0.25, 0.3) is 0 Å². The van der Waals surface area contributed by atoms with Gasteiger partial charge in [-0.1, -0.05) is 12.1 Å². The summed E-state index contributed by atoms with van der Waals surface area (Å²) in [6, 6.07) is 2.73. The Hall–Kier alpha value is -1.57. The van der Waals surface area contributed by atoms with Crippen molar-refractivity contribution in [2.45, 2.75) is 26.2 Å². The van der Waals surface area contributed by atoms with Crippen LogP contribution in [0.2, 0.25) is 0 Å². The Morgan fingerprint density at radius 3 is 2.50 bits per heavy atom. The van der Waals surface area contributed by atoms with Crippen molar-refractivity contribution >= 4 is 11.7 Å². The molecule has 0 aliphatic carbocycles. The molecule has 1 heterocycles. The molecule has 16 heavy (non-hydrogen) atoms. The van der Waals surface area contributed by atoms with Crippen LogP contribution in [0, 0.1) is 11.3 Å². The molecule has 0 aromatic rings. The van der Waals surface area contributed by atoms with Crippen LogP contribution in [-0.2, 0) is 4.84 Å². The smallest absolute Gasteiger partial charge is 0.278 e. The number of hydrogen-bond acceptors (Lipinski definition) is 3. The number of oxime groups is 1. The summed E-state index contributed by atoms with van der Waals surface area (Å²) in [4.78, 5) is 7.51. The molecular formula is C11H19N4O+. The molecule has 0 radical (unpaired) electrons. The zero-order valence-corrected chi connectivity index (χ0v) is 10.2. The summed E-state index contributed by atoms with van der Waals surface area (Å²) < 4.78 is 1.89. The molecule has 0 aromatic heterocycles. The first kappa shape index (κ1) is 12.5. The fourth-order valence-corrected chi connectivity index (χ4v) is 1.59. The fraction of sp³-hybridized carbons (Fsp3) is 0.727. The average molecular weight is 223 g/mol. The molecule has 5 heteroatoms. The van der Waals surface area contributed by atoms with Crippen LogP contribution in [0.4, 0.5) is 0 Å². The van der Waals surface area contributed by atoms with Gasteiger partial charge in [-0.25, -0.2) is 9.48 Å². The van der Waals surface area contributed by atoms with Crippen LogP contribution in [0.15, 0.2) is 5.16 Å².